The van der Waals surface area contributed by atoms with E-state index in [0.717, 1.165) is 12.0 Å². The van der Waals surface area contributed by atoms with Crippen LogP contribution in [0, 0.1) is 6.92 Å². The number of sulfonamides is 1. The van der Waals surface area contributed by atoms with Crippen molar-refractivity contribution in [2.75, 3.05) is 6.54 Å². The Bertz CT molecular complexity index is 1320. The second-order valence-corrected chi connectivity index (χ2v) is 10.5. The van der Waals surface area contributed by atoms with Crippen LogP contribution in [0.25, 0.3) is 0 Å². The van der Waals surface area contributed by atoms with Crippen molar-refractivity contribution in [2.24, 2.45) is 0 Å². The summed E-state index contributed by atoms with van der Waals surface area (Å²) in [5.74, 6) is -0.960. The van der Waals surface area contributed by atoms with Gasteiger partial charge in [0.05, 0.1) is 4.90 Å². The van der Waals surface area contributed by atoms with Gasteiger partial charge in [0.2, 0.25) is 0 Å². The van der Waals surface area contributed by atoms with Crippen molar-refractivity contribution >= 4 is 21.8 Å². The molecule has 0 aliphatic carbocycles. The van der Waals surface area contributed by atoms with E-state index < -0.39 is 21.5 Å². The van der Waals surface area contributed by atoms with Crippen LogP contribution in [0.15, 0.2) is 83.8 Å². The molecule has 7 heteroatoms. The van der Waals surface area contributed by atoms with E-state index >= 15 is 0 Å². The molecule has 1 aliphatic heterocycles. The van der Waals surface area contributed by atoms with Gasteiger partial charge in [-0.05, 0) is 61.9 Å². The van der Waals surface area contributed by atoms with Gasteiger partial charge in [0.25, 0.3) is 21.8 Å². The summed E-state index contributed by atoms with van der Waals surface area (Å²) >= 11 is 0. The maximum Gasteiger partial charge on any atom is 0.264 e. The predicted molar refractivity (Wildman–Crippen MR) is 131 cm³/mol. The number of hydrogen-bond donors (Lipinski definition) is 1. The second kappa shape index (κ2) is 9.43. The molecule has 34 heavy (non-hydrogen) atoms. The van der Waals surface area contributed by atoms with Crippen molar-refractivity contribution in [1.82, 2.24) is 9.62 Å². The molecule has 1 unspecified atom stereocenters. The lowest BCUT2D eigenvalue weighted by atomic mass is 9.84. The molecule has 3 aromatic rings. The summed E-state index contributed by atoms with van der Waals surface area (Å²) in [5, 5.41) is 0. The molecule has 176 valence electrons. The number of aryl methyl sites for hydroxylation is 3. The van der Waals surface area contributed by atoms with Crippen molar-refractivity contribution in [3.05, 3.63) is 101 Å². The fourth-order valence-corrected chi connectivity index (χ4v) is 5.61. The topological polar surface area (TPSA) is 83.6 Å². The molecular formula is C27H28N2O4S. The largest absolute Gasteiger partial charge is 0.324 e. The van der Waals surface area contributed by atoms with E-state index in [1.807, 2.05) is 30.3 Å². The first kappa shape index (κ1) is 23.7. The van der Waals surface area contributed by atoms with E-state index in [9.17, 15) is 18.0 Å². The zero-order valence-corrected chi connectivity index (χ0v) is 20.1. The lowest BCUT2D eigenvalue weighted by Crippen LogP contribution is -2.67. The molecule has 0 radical (unpaired) electrons. The van der Waals surface area contributed by atoms with Gasteiger partial charge in [-0.15, -0.1) is 0 Å². The van der Waals surface area contributed by atoms with Crippen LogP contribution in [-0.2, 0) is 27.7 Å². The van der Waals surface area contributed by atoms with Crippen LogP contribution >= 0.6 is 0 Å². The predicted octanol–water partition coefficient (Wildman–Crippen LogP) is 3.89. The molecule has 1 saturated heterocycles. The quantitative estimate of drug-likeness (QED) is 0.561. The Morgan fingerprint density at radius 3 is 2.24 bits per heavy atom. The number of likely N-dealkylation sites (tertiary alicyclic amines) is 1. The Morgan fingerprint density at radius 1 is 0.912 bits per heavy atom. The second-order valence-electron chi connectivity index (χ2n) is 8.82. The van der Waals surface area contributed by atoms with E-state index in [4.69, 9.17) is 0 Å². The number of carbonyl (C=O) groups is 2. The first-order valence-corrected chi connectivity index (χ1v) is 12.8. The minimum atomic E-state index is -4.05. The summed E-state index contributed by atoms with van der Waals surface area (Å²) in [7, 11) is -4.05. The highest BCUT2D eigenvalue weighted by Crippen LogP contribution is 2.33. The molecule has 0 saturated carbocycles. The molecule has 2 amide bonds. The average Bonchev–Trinajstić information content (AvgIpc) is 2.82. The summed E-state index contributed by atoms with van der Waals surface area (Å²) in [6.45, 7) is 3.68. The zero-order chi connectivity index (χ0) is 24.3. The summed E-state index contributed by atoms with van der Waals surface area (Å²) in [6.07, 6.45) is 1.86. The molecule has 1 heterocycles. The first-order chi connectivity index (χ1) is 16.2. The van der Waals surface area contributed by atoms with Gasteiger partial charge in [0, 0.05) is 12.1 Å². The number of nitrogens with one attached hydrogen (secondary N) is 1. The summed E-state index contributed by atoms with van der Waals surface area (Å²) in [6, 6.07) is 23.9. The van der Waals surface area contributed by atoms with Crippen molar-refractivity contribution in [3.8, 4) is 0 Å². The molecule has 1 N–H and O–H groups in total. The molecule has 1 aliphatic rings. The number of carbonyl (C=O) groups excluding carboxylic acids is 2. The third kappa shape index (κ3) is 4.61. The standard InChI is InChI=1S/C27H28N2O4S/c1-20-10-6-9-15-24(20)34(32,33)28-26(31)27(2)18-19-29(27)25(30)23-14-8-7-13-22(23)17-16-21-11-4-3-5-12-21/h3-15H,16-19H2,1-2H3,(H,28,31). The highest BCUT2D eigenvalue weighted by atomic mass is 32.2. The Labute approximate surface area is 200 Å². The Balaban J connectivity index is 1.52. The van der Waals surface area contributed by atoms with Crippen LogP contribution in [-0.4, -0.2) is 37.2 Å². The monoisotopic (exact) mass is 476 g/mol. The lowest BCUT2D eigenvalue weighted by molar-refractivity contribution is -0.135. The molecule has 6 nitrogen and oxygen atoms in total. The van der Waals surface area contributed by atoms with Crippen molar-refractivity contribution in [2.45, 2.75) is 43.5 Å². The van der Waals surface area contributed by atoms with Gasteiger partial charge in [-0.1, -0.05) is 66.7 Å². The summed E-state index contributed by atoms with van der Waals surface area (Å²) in [4.78, 5) is 28.1. The van der Waals surface area contributed by atoms with E-state index in [-0.39, 0.29) is 10.8 Å². The average molecular weight is 477 g/mol. The van der Waals surface area contributed by atoms with Gasteiger partial charge in [-0.3, -0.25) is 9.59 Å². The molecule has 1 fully saturated rings. The molecule has 4 rings (SSSR count). The molecule has 1 atom stereocenters. The van der Waals surface area contributed by atoms with Gasteiger partial charge >= 0.3 is 0 Å². The lowest BCUT2D eigenvalue weighted by Gasteiger charge is -2.49. The fraction of sp³-hybridized carbons (Fsp3) is 0.259. The first-order valence-electron chi connectivity index (χ1n) is 11.3. The maximum atomic E-state index is 13.5. The molecule has 0 spiro atoms. The Hall–Kier alpha value is -3.45. The van der Waals surface area contributed by atoms with E-state index in [1.54, 1.807) is 44.2 Å². The van der Waals surface area contributed by atoms with Crippen LogP contribution < -0.4 is 4.72 Å². The third-order valence-corrected chi connectivity index (χ3v) is 8.03. The molecule has 3 aromatic carbocycles. The van der Waals surface area contributed by atoms with Crippen molar-refractivity contribution in [3.63, 3.8) is 0 Å². The van der Waals surface area contributed by atoms with Crippen LogP contribution in [0.2, 0.25) is 0 Å². The van der Waals surface area contributed by atoms with E-state index in [1.165, 1.54) is 16.5 Å². The smallest absolute Gasteiger partial charge is 0.264 e. The van der Waals surface area contributed by atoms with Crippen LogP contribution in [0.4, 0.5) is 0 Å². The Morgan fingerprint density at radius 2 is 1.56 bits per heavy atom. The van der Waals surface area contributed by atoms with E-state index in [2.05, 4.69) is 16.9 Å². The minimum absolute atomic E-state index is 0.0513. The summed E-state index contributed by atoms with van der Waals surface area (Å²) < 4.78 is 27.9. The zero-order valence-electron chi connectivity index (χ0n) is 19.3. The highest BCUT2D eigenvalue weighted by molar-refractivity contribution is 7.90. The van der Waals surface area contributed by atoms with Crippen LogP contribution in [0.3, 0.4) is 0 Å². The van der Waals surface area contributed by atoms with Gasteiger partial charge in [0.1, 0.15) is 5.54 Å². The molecule has 0 bridgehead atoms. The van der Waals surface area contributed by atoms with Crippen molar-refractivity contribution < 1.29 is 18.0 Å². The fourth-order valence-electron chi connectivity index (χ4n) is 4.28. The summed E-state index contributed by atoms with van der Waals surface area (Å²) in [5.41, 5.74) is 1.93. The van der Waals surface area contributed by atoms with Crippen LogP contribution in [0.5, 0.6) is 0 Å². The number of amides is 2. The molecule has 0 aromatic heterocycles. The number of nitrogens with zero attached hydrogens (tertiary/aromatic N) is 1. The van der Waals surface area contributed by atoms with Gasteiger partial charge in [0.15, 0.2) is 0 Å². The number of hydrogen-bond acceptors (Lipinski definition) is 4. The van der Waals surface area contributed by atoms with E-state index in [0.29, 0.717) is 30.5 Å². The normalized spacial score (nSPS) is 17.6. The highest BCUT2D eigenvalue weighted by Gasteiger charge is 2.51. The third-order valence-electron chi connectivity index (χ3n) is 6.54. The van der Waals surface area contributed by atoms with Crippen molar-refractivity contribution in [1.29, 1.82) is 0 Å². The maximum absolute atomic E-state index is 13.5. The SMILES string of the molecule is Cc1ccccc1S(=O)(=O)NC(=O)C1(C)CCN1C(=O)c1ccccc1CCc1ccccc1. The van der Waals surface area contributed by atoms with Gasteiger partial charge in [-0.25, -0.2) is 13.1 Å². The number of rotatable bonds is 7. The van der Waals surface area contributed by atoms with Crippen LogP contribution in [0.1, 0.15) is 40.4 Å². The van der Waals surface area contributed by atoms with Gasteiger partial charge < -0.3 is 4.90 Å². The minimum Gasteiger partial charge on any atom is -0.324 e. The Kier molecular flexibility index (Phi) is 6.57. The number of benzene rings is 3. The molecular weight excluding hydrogens is 448 g/mol. The van der Waals surface area contributed by atoms with Gasteiger partial charge in [-0.2, -0.15) is 0 Å².